The van der Waals surface area contributed by atoms with E-state index in [1.165, 1.54) is 6.42 Å². The van der Waals surface area contributed by atoms with Gasteiger partial charge in [0.1, 0.15) is 5.75 Å². The normalized spacial score (nSPS) is 9.65. The van der Waals surface area contributed by atoms with E-state index >= 15 is 0 Å². The summed E-state index contributed by atoms with van der Waals surface area (Å²) in [7, 11) is 0. The second-order valence-electron chi connectivity index (χ2n) is 3.57. The smallest absolute Gasteiger partial charge is 0.219 e. The van der Waals surface area contributed by atoms with Crippen molar-refractivity contribution in [2.24, 2.45) is 0 Å². The quantitative estimate of drug-likeness (QED) is 0.802. The highest BCUT2D eigenvalue weighted by Gasteiger charge is 2.03. The molecule has 0 spiro atoms. The number of hydrogen-bond acceptors (Lipinski definition) is 3. The van der Waals surface area contributed by atoms with Crippen LogP contribution in [-0.2, 0) is 0 Å². The highest BCUT2D eigenvalue weighted by molar-refractivity contribution is 5.42. The molecule has 0 saturated carbocycles. The number of nitriles is 1. The first-order chi connectivity index (χ1) is 8.29. The first-order valence-corrected chi connectivity index (χ1v) is 5.22. The number of nitrogens with zero attached hydrogens (tertiary/aromatic N) is 2. The number of benzene rings is 1. The maximum atomic E-state index is 8.61. The van der Waals surface area contributed by atoms with Crippen LogP contribution in [0.15, 0.2) is 42.6 Å². The van der Waals surface area contributed by atoms with Crippen molar-refractivity contribution < 1.29 is 4.74 Å². The fourth-order valence-electron chi connectivity index (χ4n) is 1.41. The molecule has 0 N–H and O–H groups in total. The third-order valence-electron chi connectivity index (χ3n) is 2.30. The molecule has 1 aromatic heterocycles. The van der Waals surface area contributed by atoms with Crippen molar-refractivity contribution in [3.63, 3.8) is 0 Å². The maximum Gasteiger partial charge on any atom is 0.219 e. The van der Waals surface area contributed by atoms with Crippen LogP contribution in [0.1, 0.15) is 11.1 Å². The predicted molar refractivity (Wildman–Crippen MR) is 64.5 cm³/mol. The molecule has 2 rings (SSSR count). The molecule has 0 saturated heterocycles. The lowest BCUT2D eigenvalue weighted by Crippen LogP contribution is -1.91. The van der Waals surface area contributed by atoms with Crippen LogP contribution in [0, 0.1) is 24.7 Å². The van der Waals surface area contributed by atoms with Gasteiger partial charge in [0.2, 0.25) is 5.88 Å². The lowest BCUT2D eigenvalue weighted by Gasteiger charge is -2.08. The van der Waals surface area contributed by atoms with E-state index in [1.807, 2.05) is 43.3 Å². The van der Waals surface area contributed by atoms with E-state index in [1.54, 1.807) is 12.3 Å². The minimum atomic E-state index is 0.546. The summed E-state index contributed by atoms with van der Waals surface area (Å²) in [5.41, 5.74) is 1.83. The van der Waals surface area contributed by atoms with Gasteiger partial charge in [-0.05, 0) is 30.2 Å². The Balaban J connectivity index is 2.26. The van der Waals surface area contributed by atoms with E-state index in [0.717, 1.165) is 11.1 Å². The van der Waals surface area contributed by atoms with Crippen molar-refractivity contribution in [1.82, 2.24) is 4.98 Å². The number of aromatic nitrogens is 1. The van der Waals surface area contributed by atoms with Gasteiger partial charge >= 0.3 is 0 Å². The largest absolute Gasteiger partial charge is 0.439 e. The van der Waals surface area contributed by atoms with E-state index in [4.69, 9.17) is 10.00 Å². The van der Waals surface area contributed by atoms with Gasteiger partial charge in [-0.25, -0.2) is 4.98 Å². The maximum absolute atomic E-state index is 8.61. The number of pyridine rings is 1. The van der Waals surface area contributed by atoms with E-state index in [9.17, 15) is 0 Å². The fourth-order valence-corrected chi connectivity index (χ4v) is 1.41. The zero-order chi connectivity index (χ0) is 12.1. The van der Waals surface area contributed by atoms with Gasteiger partial charge in [0.25, 0.3) is 0 Å². The standard InChI is InChI=1S/C14H11N2O/c1-11-5-6-12(7-8-15)10-13(11)17-14-4-2-3-9-16-14/h2-7,9-10H,1H3. The Morgan fingerprint density at radius 3 is 2.88 bits per heavy atom. The summed E-state index contributed by atoms with van der Waals surface area (Å²) >= 11 is 0. The van der Waals surface area contributed by atoms with Gasteiger partial charge in [0, 0.05) is 12.3 Å². The van der Waals surface area contributed by atoms with Gasteiger partial charge in [-0.1, -0.05) is 18.2 Å². The molecule has 1 radical (unpaired) electrons. The van der Waals surface area contributed by atoms with Crippen LogP contribution in [0.25, 0.3) is 0 Å². The van der Waals surface area contributed by atoms with Crippen molar-refractivity contribution in [2.45, 2.75) is 6.92 Å². The molecule has 0 amide bonds. The molecule has 0 aliphatic rings. The zero-order valence-electron chi connectivity index (χ0n) is 9.42. The van der Waals surface area contributed by atoms with Crippen molar-refractivity contribution in [2.75, 3.05) is 0 Å². The summed E-state index contributed by atoms with van der Waals surface area (Å²) in [5, 5.41) is 8.61. The summed E-state index contributed by atoms with van der Waals surface area (Å²) in [6.07, 6.45) is 3.15. The summed E-state index contributed by atoms with van der Waals surface area (Å²) in [5.74, 6) is 1.26. The Bertz CT molecular complexity index is 544. The van der Waals surface area contributed by atoms with Crippen LogP contribution in [0.2, 0.25) is 0 Å². The summed E-state index contributed by atoms with van der Waals surface area (Å²) < 4.78 is 5.66. The zero-order valence-corrected chi connectivity index (χ0v) is 9.42. The molecule has 0 aliphatic carbocycles. The molecule has 17 heavy (non-hydrogen) atoms. The summed E-state index contributed by atoms with van der Waals surface area (Å²) in [6, 6.07) is 13.1. The van der Waals surface area contributed by atoms with Gasteiger partial charge in [-0.3, -0.25) is 0 Å². The third-order valence-corrected chi connectivity index (χ3v) is 2.30. The minimum Gasteiger partial charge on any atom is -0.439 e. The average molecular weight is 223 g/mol. The minimum absolute atomic E-state index is 0.546. The molecule has 3 heteroatoms. The number of aryl methyl sites for hydroxylation is 1. The van der Waals surface area contributed by atoms with Crippen LogP contribution in [0.5, 0.6) is 11.6 Å². The van der Waals surface area contributed by atoms with Gasteiger partial charge in [-0.2, -0.15) is 5.26 Å². The Kier molecular flexibility index (Phi) is 3.37. The molecular weight excluding hydrogens is 212 g/mol. The van der Waals surface area contributed by atoms with Crippen LogP contribution in [-0.4, -0.2) is 4.98 Å². The van der Waals surface area contributed by atoms with Crippen LogP contribution in [0.3, 0.4) is 0 Å². The molecule has 1 heterocycles. The predicted octanol–water partition coefficient (Wildman–Crippen LogP) is 3.26. The molecular formula is C14H11N2O. The lowest BCUT2D eigenvalue weighted by atomic mass is 10.1. The van der Waals surface area contributed by atoms with Crippen molar-refractivity contribution in [3.05, 3.63) is 60.1 Å². The fraction of sp³-hybridized carbons (Fsp3) is 0.0714. The monoisotopic (exact) mass is 223 g/mol. The van der Waals surface area contributed by atoms with E-state index < -0.39 is 0 Å². The number of hydrogen-bond donors (Lipinski definition) is 0. The highest BCUT2D eigenvalue weighted by Crippen LogP contribution is 2.25. The first-order valence-electron chi connectivity index (χ1n) is 5.22. The Labute approximate surface area is 100 Å². The van der Waals surface area contributed by atoms with Gasteiger partial charge in [-0.15, -0.1) is 0 Å². The number of ether oxygens (including phenoxy) is 1. The van der Waals surface area contributed by atoms with Crippen LogP contribution >= 0.6 is 0 Å². The molecule has 0 unspecified atom stereocenters. The second kappa shape index (κ2) is 5.13. The van der Waals surface area contributed by atoms with Gasteiger partial charge < -0.3 is 4.74 Å². The van der Waals surface area contributed by atoms with Crippen molar-refractivity contribution in [3.8, 4) is 17.7 Å². The van der Waals surface area contributed by atoms with E-state index in [-0.39, 0.29) is 0 Å². The Morgan fingerprint density at radius 1 is 1.29 bits per heavy atom. The van der Waals surface area contributed by atoms with Crippen LogP contribution < -0.4 is 4.74 Å². The first kappa shape index (κ1) is 11.2. The molecule has 0 fully saturated rings. The average Bonchev–Trinajstić information content (AvgIpc) is 2.35. The van der Waals surface area contributed by atoms with Crippen molar-refractivity contribution >= 4 is 0 Å². The van der Waals surface area contributed by atoms with E-state index in [2.05, 4.69) is 4.98 Å². The lowest BCUT2D eigenvalue weighted by molar-refractivity contribution is 0.459. The molecule has 0 atom stereocenters. The molecule has 1 aromatic carbocycles. The Hall–Kier alpha value is -2.34. The SMILES string of the molecule is Cc1ccc([CH]C#N)cc1Oc1ccccn1. The van der Waals surface area contributed by atoms with Crippen LogP contribution in [0.4, 0.5) is 0 Å². The molecule has 83 valence electrons. The van der Waals surface area contributed by atoms with Gasteiger partial charge in [0.15, 0.2) is 0 Å². The molecule has 0 bridgehead atoms. The molecule has 2 aromatic rings. The third kappa shape index (κ3) is 2.82. The summed E-state index contributed by atoms with van der Waals surface area (Å²) in [6.45, 7) is 1.95. The van der Waals surface area contributed by atoms with Gasteiger partial charge in [0.05, 0.1) is 12.5 Å². The van der Waals surface area contributed by atoms with E-state index in [0.29, 0.717) is 11.6 Å². The molecule has 3 nitrogen and oxygen atoms in total. The number of rotatable bonds is 3. The Morgan fingerprint density at radius 2 is 2.18 bits per heavy atom. The molecule has 0 aliphatic heterocycles. The topological polar surface area (TPSA) is 45.9 Å². The van der Waals surface area contributed by atoms with Crippen molar-refractivity contribution in [1.29, 1.82) is 5.26 Å². The summed E-state index contributed by atoms with van der Waals surface area (Å²) in [4.78, 5) is 4.09. The highest BCUT2D eigenvalue weighted by atomic mass is 16.5. The second-order valence-corrected chi connectivity index (χ2v) is 3.57.